The third-order valence-corrected chi connectivity index (χ3v) is 4.38. The monoisotopic (exact) mass is 359 g/mol. The normalized spacial score (nSPS) is 12.3. The Kier molecular flexibility index (Phi) is 5.56. The van der Waals surface area contributed by atoms with Crippen molar-refractivity contribution in [3.8, 4) is 0 Å². The summed E-state index contributed by atoms with van der Waals surface area (Å²) in [6, 6.07) is 14.4. The predicted octanol–water partition coefficient (Wildman–Crippen LogP) is 5.09. The highest BCUT2D eigenvalue weighted by Crippen LogP contribution is 2.23. The fourth-order valence-corrected chi connectivity index (χ4v) is 3.11. The summed E-state index contributed by atoms with van der Waals surface area (Å²) in [5.41, 5.74) is 3.58. The first-order chi connectivity index (χ1) is 11.6. The smallest absolute Gasteiger partial charge is 0.0949 e. The molecule has 0 aliphatic heterocycles. The second-order valence-corrected chi connectivity index (χ2v) is 6.73. The number of aromatic nitrogens is 2. The Morgan fingerprint density at radius 2 is 1.71 bits per heavy atom. The van der Waals surface area contributed by atoms with E-state index >= 15 is 0 Å². The molecule has 0 aliphatic rings. The Morgan fingerprint density at radius 1 is 1.04 bits per heavy atom. The molecule has 1 N–H and O–H groups in total. The maximum absolute atomic E-state index is 6.07. The van der Waals surface area contributed by atoms with Gasteiger partial charge in [-0.1, -0.05) is 47.5 Å². The zero-order valence-electron chi connectivity index (χ0n) is 13.4. The van der Waals surface area contributed by atoms with Crippen molar-refractivity contribution in [3.05, 3.63) is 87.9 Å². The average Bonchev–Trinajstić information content (AvgIpc) is 3.06. The molecule has 0 radical (unpaired) electrons. The zero-order chi connectivity index (χ0) is 16.9. The van der Waals surface area contributed by atoms with Gasteiger partial charge in [0.1, 0.15) is 0 Å². The van der Waals surface area contributed by atoms with E-state index in [1.54, 1.807) is 12.3 Å². The van der Waals surface area contributed by atoms with E-state index in [1.807, 2.05) is 24.7 Å². The summed E-state index contributed by atoms with van der Waals surface area (Å²) in [6.07, 6.45) is 5.59. The van der Waals surface area contributed by atoms with Crippen molar-refractivity contribution in [2.24, 2.45) is 0 Å². The molecule has 0 aliphatic carbocycles. The number of rotatable bonds is 6. The first kappa shape index (κ1) is 17.0. The minimum atomic E-state index is 0.173. The number of hydrogen-bond acceptors (Lipinski definition) is 2. The molecule has 0 fully saturated rings. The molecule has 24 heavy (non-hydrogen) atoms. The number of hydrogen-bond donors (Lipinski definition) is 1. The third-order valence-electron chi connectivity index (χ3n) is 3.94. The summed E-state index contributed by atoms with van der Waals surface area (Å²) in [6.45, 7) is 3.73. The molecule has 124 valence electrons. The molecule has 1 atom stereocenters. The van der Waals surface area contributed by atoms with Gasteiger partial charge in [0.25, 0.3) is 0 Å². The van der Waals surface area contributed by atoms with Crippen molar-refractivity contribution in [3.63, 3.8) is 0 Å². The fraction of sp³-hybridized carbons (Fsp3) is 0.211. The maximum Gasteiger partial charge on any atom is 0.0949 e. The van der Waals surface area contributed by atoms with E-state index in [0.29, 0.717) is 10.0 Å². The summed E-state index contributed by atoms with van der Waals surface area (Å²) in [4.78, 5) is 4.06. The molecular formula is C19H19Cl2N3. The maximum atomic E-state index is 6.07. The molecule has 3 rings (SSSR count). The lowest BCUT2D eigenvalue weighted by atomic mass is 10.1. The minimum absolute atomic E-state index is 0.173. The van der Waals surface area contributed by atoms with Crippen LogP contribution in [-0.2, 0) is 13.1 Å². The number of imidazole rings is 1. The molecule has 0 amide bonds. The Labute approximate surface area is 152 Å². The van der Waals surface area contributed by atoms with Gasteiger partial charge in [-0.2, -0.15) is 0 Å². The Bertz CT molecular complexity index is 763. The van der Waals surface area contributed by atoms with Gasteiger partial charge in [-0.05, 0) is 41.8 Å². The lowest BCUT2D eigenvalue weighted by molar-refractivity contribution is 0.574. The Balaban J connectivity index is 1.58. The highest BCUT2D eigenvalue weighted by atomic mass is 35.5. The molecule has 2 aromatic carbocycles. The van der Waals surface area contributed by atoms with Crippen molar-refractivity contribution in [2.45, 2.75) is 26.1 Å². The van der Waals surface area contributed by atoms with Crippen LogP contribution in [0.25, 0.3) is 0 Å². The number of benzene rings is 2. The summed E-state index contributed by atoms with van der Waals surface area (Å²) in [7, 11) is 0. The SMILES string of the molecule is C[C@H](NCc1ccc(Cn2ccnc2)cc1)c1cc(Cl)cc(Cl)c1. The fourth-order valence-electron chi connectivity index (χ4n) is 2.57. The van der Waals surface area contributed by atoms with Crippen molar-refractivity contribution < 1.29 is 0 Å². The van der Waals surface area contributed by atoms with Crippen LogP contribution < -0.4 is 5.32 Å². The topological polar surface area (TPSA) is 29.9 Å². The van der Waals surface area contributed by atoms with E-state index in [0.717, 1.165) is 18.7 Å². The van der Waals surface area contributed by atoms with Crippen LogP contribution in [-0.4, -0.2) is 9.55 Å². The molecule has 3 aromatic rings. The van der Waals surface area contributed by atoms with Gasteiger partial charge in [0.2, 0.25) is 0 Å². The quantitative estimate of drug-likeness (QED) is 0.664. The molecule has 0 unspecified atom stereocenters. The number of nitrogens with one attached hydrogen (secondary N) is 1. The highest BCUT2D eigenvalue weighted by Gasteiger charge is 2.07. The molecule has 0 bridgehead atoms. The van der Waals surface area contributed by atoms with E-state index in [4.69, 9.17) is 23.2 Å². The minimum Gasteiger partial charge on any atom is -0.333 e. The third kappa shape index (κ3) is 4.60. The summed E-state index contributed by atoms with van der Waals surface area (Å²) >= 11 is 12.1. The standard InChI is InChI=1S/C19H19Cl2N3/c1-14(17-8-18(20)10-19(21)9-17)23-11-15-2-4-16(5-3-15)12-24-7-6-22-13-24/h2-10,13-14,23H,11-12H2,1H3/t14-/m0/s1. The van der Waals surface area contributed by atoms with Crippen LogP contribution >= 0.6 is 23.2 Å². The van der Waals surface area contributed by atoms with Crippen LogP contribution in [0.4, 0.5) is 0 Å². The van der Waals surface area contributed by atoms with Crippen LogP contribution in [0.1, 0.15) is 29.7 Å². The average molecular weight is 360 g/mol. The molecule has 1 aromatic heterocycles. The first-order valence-corrected chi connectivity index (χ1v) is 8.59. The Hall–Kier alpha value is -1.81. The second-order valence-electron chi connectivity index (χ2n) is 5.86. The molecule has 0 saturated heterocycles. The van der Waals surface area contributed by atoms with E-state index < -0.39 is 0 Å². The molecule has 5 heteroatoms. The van der Waals surface area contributed by atoms with E-state index in [2.05, 4.69) is 46.1 Å². The summed E-state index contributed by atoms with van der Waals surface area (Å²) in [5.74, 6) is 0. The van der Waals surface area contributed by atoms with Crippen LogP contribution in [0.5, 0.6) is 0 Å². The van der Waals surface area contributed by atoms with Crippen molar-refractivity contribution in [1.82, 2.24) is 14.9 Å². The van der Waals surface area contributed by atoms with Crippen LogP contribution in [0, 0.1) is 0 Å². The van der Waals surface area contributed by atoms with Gasteiger partial charge in [0.15, 0.2) is 0 Å². The molecule has 3 nitrogen and oxygen atoms in total. The van der Waals surface area contributed by atoms with Crippen molar-refractivity contribution in [2.75, 3.05) is 0 Å². The Morgan fingerprint density at radius 3 is 2.33 bits per heavy atom. The molecule has 0 saturated carbocycles. The summed E-state index contributed by atoms with van der Waals surface area (Å²) < 4.78 is 2.05. The van der Waals surface area contributed by atoms with Crippen LogP contribution in [0.3, 0.4) is 0 Å². The summed E-state index contributed by atoms with van der Waals surface area (Å²) in [5, 5.41) is 4.83. The zero-order valence-corrected chi connectivity index (χ0v) is 14.9. The lowest BCUT2D eigenvalue weighted by Crippen LogP contribution is -2.18. The van der Waals surface area contributed by atoms with Gasteiger partial charge in [0, 0.05) is 41.6 Å². The van der Waals surface area contributed by atoms with Crippen molar-refractivity contribution in [1.29, 1.82) is 0 Å². The van der Waals surface area contributed by atoms with Gasteiger partial charge < -0.3 is 9.88 Å². The van der Waals surface area contributed by atoms with E-state index in [9.17, 15) is 0 Å². The van der Waals surface area contributed by atoms with E-state index in [-0.39, 0.29) is 6.04 Å². The van der Waals surface area contributed by atoms with Gasteiger partial charge in [-0.3, -0.25) is 0 Å². The van der Waals surface area contributed by atoms with Gasteiger partial charge in [-0.15, -0.1) is 0 Å². The molecule has 0 spiro atoms. The highest BCUT2D eigenvalue weighted by molar-refractivity contribution is 6.34. The van der Waals surface area contributed by atoms with Crippen LogP contribution in [0.2, 0.25) is 10.0 Å². The molecule has 1 heterocycles. The van der Waals surface area contributed by atoms with Gasteiger partial charge in [-0.25, -0.2) is 4.98 Å². The largest absolute Gasteiger partial charge is 0.333 e. The van der Waals surface area contributed by atoms with Gasteiger partial charge in [0.05, 0.1) is 6.33 Å². The van der Waals surface area contributed by atoms with Crippen molar-refractivity contribution >= 4 is 23.2 Å². The first-order valence-electron chi connectivity index (χ1n) is 7.83. The lowest BCUT2D eigenvalue weighted by Gasteiger charge is -2.15. The van der Waals surface area contributed by atoms with Gasteiger partial charge >= 0.3 is 0 Å². The number of nitrogens with zero attached hydrogens (tertiary/aromatic N) is 2. The second kappa shape index (κ2) is 7.84. The van der Waals surface area contributed by atoms with Crippen LogP contribution in [0.15, 0.2) is 61.2 Å². The predicted molar refractivity (Wildman–Crippen MR) is 99.5 cm³/mol. The van der Waals surface area contributed by atoms with E-state index in [1.165, 1.54) is 11.1 Å². The molecular weight excluding hydrogens is 341 g/mol. The number of halogens is 2.